The van der Waals surface area contributed by atoms with Crippen LogP contribution in [-0.4, -0.2) is 47.1 Å². The van der Waals surface area contributed by atoms with Crippen LogP contribution < -0.4 is 4.90 Å². The van der Waals surface area contributed by atoms with Gasteiger partial charge in [0.05, 0.1) is 18.1 Å². The fourth-order valence-electron chi connectivity index (χ4n) is 2.30. The minimum Gasteiger partial charge on any atom is -0.353 e. The Balaban J connectivity index is 1.62. The van der Waals surface area contributed by atoms with Gasteiger partial charge in [-0.1, -0.05) is 0 Å². The lowest BCUT2D eigenvalue weighted by atomic mass is 10.3. The molecule has 2 heterocycles. The smallest absolute Gasteiger partial charge is 0.147 e. The van der Waals surface area contributed by atoms with Gasteiger partial charge in [-0.05, 0) is 19.8 Å². The van der Waals surface area contributed by atoms with E-state index in [-0.39, 0.29) is 0 Å². The highest BCUT2D eigenvalue weighted by atomic mass is 15.3. The van der Waals surface area contributed by atoms with Gasteiger partial charge in [0.2, 0.25) is 0 Å². The van der Waals surface area contributed by atoms with Gasteiger partial charge in [-0.3, -0.25) is 9.88 Å². The van der Waals surface area contributed by atoms with Gasteiger partial charge < -0.3 is 4.90 Å². The Morgan fingerprint density at radius 3 is 2.38 bits per heavy atom. The molecule has 1 aliphatic carbocycles. The normalized spacial score (nSPS) is 22.4. The van der Waals surface area contributed by atoms with E-state index in [0.717, 1.165) is 30.6 Å². The lowest BCUT2D eigenvalue weighted by molar-refractivity contribution is 0.247. The zero-order valence-electron chi connectivity index (χ0n) is 9.76. The second-order valence-electron chi connectivity index (χ2n) is 4.77. The summed E-state index contributed by atoms with van der Waals surface area (Å²) in [6.45, 7) is 6.52. The molecule has 0 aromatic carbocycles. The van der Waals surface area contributed by atoms with Crippen LogP contribution in [0.25, 0.3) is 0 Å². The molecule has 1 aliphatic heterocycles. The third-order valence-corrected chi connectivity index (χ3v) is 3.47. The summed E-state index contributed by atoms with van der Waals surface area (Å²) in [7, 11) is 0. The number of nitrogens with zero attached hydrogens (tertiary/aromatic N) is 4. The summed E-state index contributed by atoms with van der Waals surface area (Å²) < 4.78 is 0. The van der Waals surface area contributed by atoms with Gasteiger partial charge in [0.1, 0.15) is 5.82 Å². The van der Waals surface area contributed by atoms with Gasteiger partial charge in [0.25, 0.3) is 0 Å². The van der Waals surface area contributed by atoms with Gasteiger partial charge in [0, 0.05) is 32.2 Å². The van der Waals surface area contributed by atoms with Gasteiger partial charge in [-0.2, -0.15) is 0 Å². The molecule has 0 atom stereocenters. The molecule has 0 bridgehead atoms. The first-order valence-electron chi connectivity index (χ1n) is 6.10. The van der Waals surface area contributed by atoms with Crippen molar-refractivity contribution in [2.45, 2.75) is 25.8 Å². The van der Waals surface area contributed by atoms with Crippen molar-refractivity contribution < 1.29 is 0 Å². The van der Waals surface area contributed by atoms with Crippen LogP contribution in [0.5, 0.6) is 0 Å². The molecule has 2 fully saturated rings. The standard InChI is InChI=1S/C12H18N4/c1-10-8-14-12(9-13-10)16-6-4-15(5-7-16)11-2-3-11/h8-9,11H,2-7H2,1H3. The summed E-state index contributed by atoms with van der Waals surface area (Å²) in [6, 6.07) is 0.895. The van der Waals surface area contributed by atoms with Crippen molar-refractivity contribution >= 4 is 5.82 Å². The van der Waals surface area contributed by atoms with E-state index in [2.05, 4.69) is 19.8 Å². The predicted octanol–water partition coefficient (Wildman–Crippen LogP) is 1.07. The third-order valence-electron chi connectivity index (χ3n) is 3.47. The molecule has 2 aliphatic rings. The summed E-state index contributed by atoms with van der Waals surface area (Å²) in [5.41, 5.74) is 0.986. The van der Waals surface area contributed by atoms with Crippen LogP contribution in [-0.2, 0) is 0 Å². The number of hydrogen-bond donors (Lipinski definition) is 0. The average molecular weight is 218 g/mol. The van der Waals surface area contributed by atoms with Gasteiger partial charge >= 0.3 is 0 Å². The zero-order chi connectivity index (χ0) is 11.0. The molecule has 4 nitrogen and oxygen atoms in total. The van der Waals surface area contributed by atoms with Crippen LogP contribution in [0.2, 0.25) is 0 Å². The Bertz CT molecular complexity index is 350. The van der Waals surface area contributed by atoms with E-state index in [4.69, 9.17) is 0 Å². The van der Waals surface area contributed by atoms with Crippen molar-refractivity contribution in [3.8, 4) is 0 Å². The highest BCUT2D eigenvalue weighted by Gasteiger charge is 2.31. The number of piperazine rings is 1. The fourth-order valence-corrected chi connectivity index (χ4v) is 2.30. The largest absolute Gasteiger partial charge is 0.353 e. The predicted molar refractivity (Wildman–Crippen MR) is 63.6 cm³/mol. The Morgan fingerprint density at radius 2 is 1.81 bits per heavy atom. The van der Waals surface area contributed by atoms with Crippen LogP contribution in [0.1, 0.15) is 18.5 Å². The summed E-state index contributed by atoms with van der Waals surface area (Å²) in [5, 5.41) is 0. The van der Waals surface area contributed by atoms with Gasteiger partial charge in [-0.15, -0.1) is 0 Å². The molecule has 3 rings (SSSR count). The summed E-state index contributed by atoms with van der Waals surface area (Å²) in [5.74, 6) is 1.03. The van der Waals surface area contributed by atoms with Crippen LogP contribution >= 0.6 is 0 Å². The molecule has 0 spiro atoms. The van der Waals surface area contributed by atoms with E-state index in [9.17, 15) is 0 Å². The molecule has 0 N–H and O–H groups in total. The van der Waals surface area contributed by atoms with E-state index in [1.807, 2.05) is 19.3 Å². The average Bonchev–Trinajstić information content (AvgIpc) is 3.14. The maximum absolute atomic E-state index is 4.43. The molecule has 0 unspecified atom stereocenters. The van der Waals surface area contributed by atoms with E-state index in [0.29, 0.717) is 0 Å². The molecular formula is C12H18N4. The van der Waals surface area contributed by atoms with Crippen LogP contribution in [0, 0.1) is 6.92 Å². The van der Waals surface area contributed by atoms with Crippen molar-refractivity contribution in [2.75, 3.05) is 31.1 Å². The highest BCUT2D eigenvalue weighted by Crippen LogP contribution is 2.27. The second kappa shape index (κ2) is 4.01. The zero-order valence-corrected chi connectivity index (χ0v) is 9.76. The summed E-state index contributed by atoms with van der Waals surface area (Å²) >= 11 is 0. The number of rotatable bonds is 2. The van der Waals surface area contributed by atoms with Crippen LogP contribution in [0.3, 0.4) is 0 Å². The molecule has 86 valence electrons. The number of aryl methyl sites for hydroxylation is 1. The van der Waals surface area contributed by atoms with Crippen LogP contribution in [0.4, 0.5) is 5.82 Å². The van der Waals surface area contributed by atoms with Crippen molar-refractivity contribution in [1.29, 1.82) is 0 Å². The molecule has 1 aromatic rings. The SMILES string of the molecule is Cc1cnc(N2CCN(C3CC3)CC2)cn1. The van der Waals surface area contributed by atoms with Crippen LogP contribution in [0.15, 0.2) is 12.4 Å². The van der Waals surface area contributed by atoms with Gasteiger partial charge in [0.15, 0.2) is 0 Å². The second-order valence-corrected chi connectivity index (χ2v) is 4.77. The van der Waals surface area contributed by atoms with Crippen molar-refractivity contribution in [3.05, 3.63) is 18.1 Å². The Kier molecular flexibility index (Phi) is 2.52. The Hall–Kier alpha value is -1.16. The quantitative estimate of drug-likeness (QED) is 0.743. The molecule has 1 saturated heterocycles. The van der Waals surface area contributed by atoms with Crippen molar-refractivity contribution in [2.24, 2.45) is 0 Å². The monoisotopic (exact) mass is 218 g/mol. The molecule has 1 saturated carbocycles. The maximum atomic E-state index is 4.43. The van der Waals surface area contributed by atoms with E-state index >= 15 is 0 Å². The molecule has 1 aromatic heterocycles. The topological polar surface area (TPSA) is 32.3 Å². The summed E-state index contributed by atoms with van der Waals surface area (Å²) in [6.07, 6.45) is 6.55. The molecule has 16 heavy (non-hydrogen) atoms. The molecule has 4 heteroatoms. The van der Waals surface area contributed by atoms with Crippen molar-refractivity contribution in [1.82, 2.24) is 14.9 Å². The summed E-state index contributed by atoms with van der Waals surface area (Å²) in [4.78, 5) is 13.7. The number of anilines is 1. The first-order chi connectivity index (χ1) is 7.83. The lowest BCUT2D eigenvalue weighted by Crippen LogP contribution is -2.47. The molecule has 0 amide bonds. The van der Waals surface area contributed by atoms with Crippen molar-refractivity contribution in [3.63, 3.8) is 0 Å². The van der Waals surface area contributed by atoms with E-state index in [1.54, 1.807) is 0 Å². The highest BCUT2D eigenvalue weighted by molar-refractivity contribution is 5.36. The number of hydrogen-bond acceptors (Lipinski definition) is 4. The number of aromatic nitrogens is 2. The fraction of sp³-hybridized carbons (Fsp3) is 0.667. The first kappa shape index (κ1) is 10.0. The van der Waals surface area contributed by atoms with E-state index < -0.39 is 0 Å². The minimum atomic E-state index is 0.895. The van der Waals surface area contributed by atoms with E-state index in [1.165, 1.54) is 25.9 Å². The molecular weight excluding hydrogens is 200 g/mol. The maximum Gasteiger partial charge on any atom is 0.147 e. The lowest BCUT2D eigenvalue weighted by Gasteiger charge is -2.35. The molecule has 0 radical (unpaired) electrons. The Morgan fingerprint density at radius 1 is 1.06 bits per heavy atom. The third kappa shape index (κ3) is 2.02. The first-order valence-corrected chi connectivity index (χ1v) is 6.10. The Labute approximate surface area is 96.3 Å². The van der Waals surface area contributed by atoms with Gasteiger partial charge in [-0.25, -0.2) is 4.98 Å². The minimum absolute atomic E-state index is 0.895.